The standard InChI is InChI=1S/C34H39N11O4S4/c1-21(13-42-34-44-28-7-5-23(11-30(28)52-34)45-8-3-9-53(45,47)48)12-35-31-39-18-26(19-40-31)51-20-22-4-6-27-29(10-22)49-33(43-27)41-15-24(46)14-36-32-37-16-25(50-2)17-38-32/h4-7,10-11,16-19,21,24,46H,3,8-9,12-15,20H2,1-2H3,(H,41,43)(H,42,44)(H,35,39,40)(H,36,37,38). The van der Waals surface area contributed by atoms with Gasteiger partial charge in [-0.15, -0.1) is 23.5 Å². The van der Waals surface area contributed by atoms with E-state index in [2.05, 4.69) is 58.1 Å². The average Bonchev–Trinajstić information content (AvgIpc) is 3.89. The van der Waals surface area contributed by atoms with Crippen LogP contribution in [0.2, 0.25) is 0 Å². The van der Waals surface area contributed by atoms with E-state index in [1.807, 2.05) is 55.0 Å². The molecule has 5 N–H and O–H groups in total. The lowest BCUT2D eigenvalue weighted by atomic mass is 10.2. The number of aliphatic hydroxyl groups is 1. The molecule has 2 aromatic carbocycles. The molecule has 53 heavy (non-hydrogen) atoms. The smallest absolute Gasteiger partial charge is 0.295 e. The van der Waals surface area contributed by atoms with Crippen LogP contribution in [0.4, 0.5) is 28.7 Å². The van der Waals surface area contributed by atoms with Gasteiger partial charge in [-0.25, -0.2) is 33.3 Å². The highest BCUT2D eigenvalue weighted by Crippen LogP contribution is 2.32. The topological polar surface area (TPSA) is 196 Å². The lowest BCUT2D eigenvalue weighted by Gasteiger charge is -2.16. The van der Waals surface area contributed by atoms with E-state index in [9.17, 15) is 13.5 Å². The number of nitrogens with zero attached hydrogens (tertiary/aromatic N) is 7. The molecule has 19 heteroatoms. The largest absolute Gasteiger partial charge is 0.424 e. The number of thioether (sulfide) groups is 2. The van der Waals surface area contributed by atoms with Gasteiger partial charge in [0.25, 0.3) is 6.01 Å². The Morgan fingerprint density at radius 2 is 1.58 bits per heavy atom. The zero-order valence-electron chi connectivity index (χ0n) is 29.0. The first-order chi connectivity index (χ1) is 25.7. The van der Waals surface area contributed by atoms with Crippen molar-refractivity contribution in [2.75, 3.05) is 70.3 Å². The maximum atomic E-state index is 12.3. The average molecular weight is 794 g/mol. The molecule has 0 aliphatic carbocycles. The van der Waals surface area contributed by atoms with Crippen molar-refractivity contribution >= 4 is 94.9 Å². The lowest BCUT2D eigenvalue weighted by molar-refractivity contribution is 0.199. The van der Waals surface area contributed by atoms with Crippen molar-refractivity contribution in [2.45, 2.75) is 35.0 Å². The van der Waals surface area contributed by atoms with E-state index < -0.39 is 16.1 Å². The molecule has 4 aromatic heterocycles. The van der Waals surface area contributed by atoms with Crippen molar-refractivity contribution in [3.8, 4) is 0 Å². The number of oxazole rings is 1. The number of aliphatic hydroxyl groups excluding tert-OH is 1. The maximum Gasteiger partial charge on any atom is 0.295 e. The first kappa shape index (κ1) is 36.9. The monoisotopic (exact) mass is 793 g/mol. The van der Waals surface area contributed by atoms with Gasteiger partial charge in [-0.3, -0.25) is 4.31 Å². The molecule has 0 saturated carbocycles. The summed E-state index contributed by atoms with van der Waals surface area (Å²) in [6, 6.07) is 11.9. The third kappa shape index (κ3) is 9.58. The minimum Gasteiger partial charge on any atom is -0.424 e. The highest BCUT2D eigenvalue weighted by molar-refractivity contribution is 7.98. The molecular formula is C34H39N11O4S4. The van der Waals surface area contributed by atoms with Gasteiger partial charge in [0.1, 0.15) is 5.52 Å². The minimum atomic E-state index is -3.22. The Kier molecular flexibility index (Phi) is 11.6. The minimum absolute atomic E-state index is 0.198. The van der Waals surface area contributed by atoms with Crippen LogP contribution in [0.15, 0.2) is 75.4 Å². The molecule has 2 unspecified atom stereocenters. The Labute approximate surface area is 319 Å². The molecular weight excluding hydrogens is 755 g/mol. The summed E-state index contributed by atoms with van der Waals surface area (Å²) in [5.41, 5.74) is 4.00. The molecule has 5 heterocycles. The number of aromatic nitrogens is 6. The number of sulfonamides is 1. The highest BCUT2D eigenvalue weighted by atomic mass is 32.2. The van der Waals surface area contributed by atoms with Crippen molar-refractivity contribution in [3.05, 3.63) is 66.7 Å². The van der Waals surface area contributed by atoms with Crippen LogP contribution >= 0.6 is 34.9 Å². The molecule has 0 amide bonds. The van der Waals surface area contributed by atoms with Crippen molar-refractivity contribution < 1.29 is 17.9 Å². The zero-order valence-corrected chi connectivity index (χ0v) is 32.3. The van der Waals surface area contributed by atoms with Crippen LogP contribution in [0, 0.1) is 5.92 Å². The zero-order chi connectivity index (χ0) is 36.8. The van der Waals surface area contributed by atoms with Gasteiger partial charge in [0, 0.05) is 73.1 Å². The third-order valence-corrected chi connectivity index (χ3v) is 12.9. The third-order valence-electron chi connectivity index (χ3n) is 8.30. The van der Waals surface area contributed by atoms with Gasteiger partial charge in [0.05, 0.1) is 27.8 Å². The van der Waals surface area contributed by atoms with E-state index in [1.165, 1.54) is 15.6 Å². The molecule has 1 saturated heterocycles. The van der Waals surface area contributed by atoms with Crippen molar-refractivity contribution in [2.24, 2.45) is 5.92 Å². The quantitative estimate of drug-likeness (QED) is 0.0714. The van der Waals surface area contributed by atoms with Crippen LogP contribution in [0.3, 0.4) is 0 Å². The SMILES string of the molecule is CSc1cnc(NCC(O)CNc2nc3ccc(CSc4cnc(NCC(C)CNc5nc6ccc(N7CCCS7(=O)=O)cc6s5)nc4)cc3o2)nc1. The number of hydrogen-bond acceptors (Lipinski definition) is 17. The summed E-state index contributed by atoms with van der Waals surface area (Å²) in [5.74, 6) is 2.18. The first-order valence-corrected chi connectivity index (χ1v) is 21.6. The predicted molar refractivity (Wildman–Crippen MR) is 214 cm³/mol. The molecule has 7 rings (SSSR count). The Morgan fingerprint density at radius 1 is 0.887 bits per heavy atom. The van der Waals surface area contributed by atoms with Gasteiger partial charge >= 0.3 is 0 Å². The van der Waals surface area contributed by atoms with Crippen molar-refractivity contribution in [1.82, 2.24) is 29.9 Å². The summed E-state index contributed by atoms with van der Waals surface area (Å²) < 4.78 is 33.0. The number of fused-ring (bicyclic) bond motifs is 2. The normalized spacial score (nSPS) is 15.1. The predicted octanol–water partition coefficient (Wildman–Crippen LogP) is 5.62. The molecule has 0 radical (unpaired) electrons. The van der Waals surface area contributed by atoms with Crippen LogP contribution in [0.1, 0.15) is 18.9 Å². The Morgan fingerprint density at radius 3 is 2.32 bits per heavy atom. The summed E-state index contributed by atoms with van der Waals surface area (Å²) in [7, 11) is -3.22. The van der Waals surface area contributed by atoms with Gasteiger partial charge in [-0.2, -0.15) is 4.98 Å². The summed E-state index contributed by atoms with van der Waals surface area (Å²) in [4.78, 5) is 28.5. The summed E-state index contributed by atoms with van der Waals surface area (Å²) in [6.45, 7) is 4.54. The van der Waals surface area contributed by atoms with Gasteiger partial charge < -0.3 is 30.8 Å². The summed E-state index contributed by atoms with van der Waals surface area (Å²) in [5, 5.41) is 24.0. The highest BCUT2D eigenvalue weighted by Gasteiger charge is 2.28. The van der Waals surface area contributed by atoms with Gasteiger partial charge in [0.2, 0.25) is 21.9 Å². The van der Waals surface area contributed by atoms with Crippen LogP contribution < -0.4 is 25.6 Å². The molecule has 0 spiro atoms. The number of thiazole rings is 1. The van der Waals surface area contributed by atoms with Crippen LogP contribution in [0.25, 0.3) is 21.3 Å². The number of rotatable bonds is 17. The first-order valence-electron chi connectivity index (χ1n) is 17.0. The Bertz CT molecular complexity index is 2250. The second-order valence-electron chi connectivity index (χ2n) is 12.5. The fraction of sp³-hybridized carbons (Fsp3) is 0.353. The fourth-order valence-corrected chi connectivity index (χ4v) is 9.00. The second-order valence-corrected chi connectivity index (χ2v) is 17.5. The van der Waals surface area contributed by atoms with Crippen molar-refractivity contribution in [3.63, 3.8) is 0 Å². The number of anilines is 5. The van der Waals surface area contributed by atoms with E-state index in [0.29, 0.717) is 61.0 Å². The maximum absolute atomic E-state index is 12.3. The number of benzene rings is 2. The molecule has 6 aromatic rings. The van der Waals surface area contributed by atoms with E-state index in [1.54, 1.807) is 35.9 Å². The van der Waals surface area contributed by atoms with Gasteiger partial charge in [0.15, 0.2) is 10.7 Å². The molecule has 1 fully saturated rings. The van der Waals surface area contributed by atoms with Crippen LogP contribution in [0.5, 0.6) is 0 Å². The van der Waals surface area contributed by atoms with E-state index >= 15 is 0 Å². The molecule has 0 bridgehead atoms. The number of hydrogen-bond donors (Lipinski definition) is 5. The number of nitrogens with one attached hydrogen (secondary N) is 4. The van der Waals surface area contributed by atoms with Gasteiger partial charge in [-0.05, 0) is 54.5 Å². The van der Waals surface area contributed by atoms with Crippen LogP contribution in [-0.2, 0) is 15.8 Å². The fourth-order valence-electron chi connectivity index (χ4n) is 5.46. The van der Waals surface area contributed by atoms with E-state index in [-0.39, 0.29) is 24.8 Å². The molecule has 278 valence electrons. The van der Waals surface area contributed by atoms with Crippen LogP contribution in [-0.4, -0.2) is 94.3 Å². The Balaban J connectivity index is 0.826. The molecule has 2 atom stereocenters. The molecule has 1 aliphatic heterocycles. The van der Waals surface area contributed by atoms with E-state index in [4.69, 9.17) is 4.42 Å². The Hall–Kier alpha value is -4.43. The molecule has 15 nitrogen and oxygen atoms in total. The van der Waals surface area contributed by atoms with Gasteiger partial charge in [-0.1, -0.05) is 24.3 Å². The van der Waals surface area contributed by atoms with E-state index in [0.717, 1.165) is 36.2 Å². The van der Waals surface area contributed by atoms with Crippen molar-refractivity contribution in [1.29, 1.82) is 0 Å². The summed E-state index contributed by atoms with van der Waals surface area (Å²) in [6.07, 6.45) is 9.00. The lowest BCUT2D eigenvalue weighted by Crippen LogP contribution is -2.28. The molecule has 1 aliphatic rings. The second kappa shape index (κ2) is 16.7. The summed E-state index contributed by atoms with van der Waals surface area (Å²) >= 11 is 4.72.